The third-order valence-electron chi connectivity index (χ3n) is 3.53. The van der Waals surface area contributed by atoms with Gasteiger partial charge in [-0.25, -0.2) is 5.43 Å². The van der Waals surface area contributed by atoms with Crippen molar-refractivity contribution in [3.05, 3.63) is 70.2 Å². The van der Waals surface area contributed by atoms with Gasteiger partial charge in [0, 0.05) is 10.0 Å². The van der Waals surface area contributed by atoms with Gasteiger partial charge in [-0.2, -0.15) is 5.10 Å². The van der Waals surface area contributed by atoms with E-state index < -0.39 is 6.04 Å². The Morgan fingerprint density at radius 3 is 2.28 bits per heavy atom. The summed E-state index contributed by atoms with van der Waals surface area (Å²) in [5, 5.41) is 6.72. The molecule has 0 aliphatic rings. The molecule has 0 heterocycles. The number of nitrogens with zero attached hydrogens (tertiary/aromatic N) is 1. The summed E-state index contributed by atoms with van der Waals surface area (Å²) in [5.74, 6) is -0.713. The highest BCUT2D eigenvalue weighted by molar-refractivity contribution is 9.10. The summed E-state index contributed by atoms with van der Waals surface area (Å²) >= 11 is 3.36. The molecule has 0 aliphatic carbocycles. The van der Waals surface area contributed by atoms with Crippen molar-refractivity contribution in [2.24, 2.45) is 11.0 Å². The standard InChI is InChI=1S/C19H20BrN3O2/c1-13(2)17(22-18(24)15-6-4-3-5-7-15)19(25)23-21-12-14-8-10-16(20)11-9-14/h3-13,17H,1-2H3,(H,22,24)(H,23,25)/t17-/m0/s1. The van der Waals surface area contributed by atoms with E-state index >= 15 is 0 Å². The van der Waals surface area contributed by atoms with Crippen LogP contribution in [0.3, 0.4) is 0 Å². The molecule has 6 heteroatoms. The van der Waals surface area contributed by atoms with Crippen LogP contribution in [0.1, 0.15) is 29.8 Å². The molecule has 0 saturated carbocycles. The third-order valence-corrected chi connectivity index (χ3v) is 4.06. The first-order chi connectivity index (χ1) is 12.0. The van der Waals surface area contributed by atoms with Crippen LogP contribution in [-0.2, 0) is 4.79 Å². The zero-order valence-corrected chi connectivity index (χ0v) is 15.7. The summed E-state index contributed by atoms with van der Waals surface area (Å²) in [4.78, 5) is 24.6. The molecule has 2 aromatic carbocycles. The van der Waals surface area contributed by atoms with E-state index in [0.717, 1.165) is 10.0 Å². The largest absolute Gasteiger partial charge is 0.340 e. The van der Waals surface area contributed by atoms with Crippen LogP contribution in [0.5, 0.6) is 0 Å². The van der Waals surface area contributed by atoms with Crippen molar-refractivity contribution in [2.75, 3.05) is 0 Å². The normalized spacial score (nSPS) is 12.2. The van der Waals surface area contributed by atoms with E-state index in [9.17, 15) is 9.59 Å². The van der Waals surface area contributed by atoms with Crippen LogP contribution < -0.4 is 10.7 Å². The van der Waals surface area contributed by atoms with Crippen molar-refractivity contribution < 1.29 is 9.59 Å². The van der Waals surface area contributed by atoms with Crippen molar-refractivity contribution in [3.8, 4) is 0 Å². The molecule has 130 valence electrons. The Morgan fingerprint density at radius 1 is 1.04 bits per heavy atom. The molecule has 0 fully saturated rings. The maximum absolute atomic E-state index is 12.3. The molecule has 0 bridgehead atoms. The number of hydrogen-bond acceptors (Lipinski definition) is 3. The van der Waals surface area contributed by atoms with Gasteiger partial charge in [0.05, 0.1) is 6.21 Å². The number of benzene rings is 2. The molecule has 0 saturated heterocycles. The molecule has 0 spiro atoms. The number of hydrazone groups is 1. The third kappa shape index (κ3) is 5.83. The molecular weight excluding hydrogens is 382 g/mol. The second-order valence-electron chi connectivity index (χ2n) is 5.85. The molecule has 0 aromatic heterocycles. The molecule has 2 rings (SSSR count). The lowest BCUT2D eigenvalue weighted by molar-refractivity contribution is -0.123. The van der Waals surface area contributed by atoms with Gasteiger partial charge >= 0.3 is 0 Å². The molecule has 2 N–H and O–H groups in total. The average Bonchev–Trinajstić information content (AvgIpc) is 2.61. The lowest BCUT2D eigenvalue weighted by atomic mass is 10.0. The van der Waals surface area contributed by atoms with Gasteiger partial charge in [-0.3, -0.25) is 9.59 Å². The molecular formula is C19H20BrN3O2. The minimum Gasteiger partial charge on any atom is -0.340 e. The second kappa shape index (κ2) is 9.13. The van der Waals surface area contributed by atoms with Gasteiger partial charge in [0.25, 0.3) is 11.8 Å². The maximum Gasteiger partial charge on any atom is 0.262 e. The van der Waals surface area contributed by atoms with Crippen LogP contribution in [0, 0.1) is 5.92 Å². The van der Waals surface area contributed by atoms with Gasteiger partial charge in [0.2, 0.25) is 0 Å². The summed E-state index contributed by atoms with van der Waals surface area (Å²) in [5.41, 5.74) is 3.86. The lowest BCUT2D eigenvalue weighted by Gasteiger charge is -2.20. The zero-order chi connectivity index (χ0) is 18.2. The second-order valence-corrected chi connectivity index (χ2v) is 6.76. The fourth-order valence-corrected chi connectivity index (χ4v) is 2.40. The monoisotopic (exact) mass is 401 g/mol. The van der Waals surface area contributed by atoms with Gasteiger partial charge in [0.1, 0.15) is 6.04 Å². The van der Waals surface area contributed by atoms with E-state index in [1.54, 1.807) is 30.5 Å². The molecule has 1 atom stereocenters. The minimum absolute atomic E-state index is 0.0736. The first-order valence-corrected chi connectivity index (χ1v) is 8.71. The SMILES string of the molecule is CC(C)[C@H](NC(=O)c1ccccc1)C(=O)NN=Cc1ccc(Br)cc1. The van der Waals surface area contributed by atoms with Gasteiger partial charge in [-0.1, -0.05) is 60.1 Å². The number of carbonyl (C=O) groups excluding carboxylic acids is 2. The van der Waals surface area contributed by atoms with Gasteiger partial charge in [-0.15, -0.1) is 0 Å². The Hall–Kier alpha value is -2.47. The fourth-order valence-electron chi connectivity index (χ4n) is 2.14. The van der Waals surface area contributed by atoms with Crippen LogP contribution >= 0.6 is 15.9 Å². The van der Waals surface area contributed by atoms with Crippen molar-refractivity contribution in [1.82, 2.24) is 10.7 Å². The molecule has 2 amide bonds. The average molecular weight is 402 g/mol. The van der Waals surface area contributed by atoms with Gasteiger partial charge in [-0.05, 0) is 35.7 Å². The number of amides is 2. The number of halogens is 1. The van der Waals surface area contributed by atoms with Crippen molar-refractivity contribution in [3.63, 3.8) is 0 Å². The van der Waals surface area contributed by atoms with E-state index in [0.29, 0.717) is 5.56 Å². The molecule has 2 aromatic rings. The molecule has 0 radical (unpaired) electrons. The van der Waals surface area contributed by atoms with Crippen LogP contribution in [-0.4, -0.2) is 24.1 Å². The smallest absolute Gasteiger partial charge is 0.262 e. The van der Waals surface area contributed by atoms with E-state index in [1.165, 1.54) is 0 Å². The number of nitrogens with one attached hydrogen (secondary N) is 2. The topological polar surface area (TPSA) is 70.6 Å². The minimum atomic E-state index is -0.672. The first kappa shape index (κ1) is 18.9. The Labute approximate surface area is 155 Å². The zero-order valence-electron chi connectivity index (χ0n) is 14.1. The number of carbonyl (C=O) groups is 2. The molecule has 5 nitrogen and oxygen atoms in total. The van der Waals surface area contributed by atoms with Crippen molar-refractivity contribution in [2.45, 2.75) is 19.9 Å². The Morgan fingerprint density at radius 2 is 1.68 bits per heavy atom. The van der Waals surface area contributed by atoms with Gasteiger partial charge < -0.3 is 5.32 Å². The Kier molecular flexibility index (Phi) is 6.89. The van der Waals surface area contributed by atoms with Crippen LogP contribution in [0.25, 0.3) is 0 Å². The summed E-state index contributed by atoms with van der Waals surface area (Å²) in [6.07, 6.45) is 1.56. The van der Waals surface area contributed by atoms with Crippen molar-refractivity contribution in [1.29, 1.82) is 0 Å². The lowest BCUT2D eigenvalue weighted by Crippen LogP contribution is -2.48. The fraction of sp³-hybridized carbons (Fsp3) is 0.211. The molecule has 0 aliphatic heterocycles. The summed E-state index contributed by atoms with van der Waals surface area (Å²) < 4.78 is 0.970. The van der Waals surface area contributed by atoms with Crippen molar-refractivity contribution >= 4 is 34.0 Å². The summed E-state index contributed by atoms with van der Waals surface area (Å²) in [6.45, 7) is 3.74. The van der Waals surface area contributed by atoms with E-state index in [2.05, 4.69) is 31.8 Å². The number of rotatable bonds is 6. The summed E-state index contributed by atoms with van der Waals surface area (Å²) in [7, 11) is 0. The molecule has 0 unspecified atom stereocenters. The highest BCUT2D eigenvalue weighted by atomic mass is 79.9. The van der Waals surface area contributed by atoms with E-state index in [4.69, 9.17) is 0 Å². The maximum atomic E-state index is 12.3. The highest BCUT2D eigenvalue weighted by Crippen LogP contribution is 2.09. The Bertz CT molecular complexity index is 743. The quantitative estimate of drug-likeness (QED) is 0.575. The number of hydrogen-bond donors (Lipinski definition) is 2. The summed E-state index contributed by atoms with van der Waals surface area (Å²) in [6, 6.07) is 15.7. The van der Waals surface area contributed by atoms with Crippen LogP contribution in [0.2, 0.25) is 0 Å². The van der Waals surface area contributed by atoms with Crippen LogP contribution in [0.4, 0.5) is 0 Å². The predicted molar refractivity (Wildman–Crippen MR) is 102 cm³/mol. The Balaban J connectivity index is 1.98. The molecule has 25 heavy (non-hydrogen) atoms. The highest BCUT2D eigenvalue weighted by Gasteiger charge is 2.24. The van der Waals surface area contributed by atoms with Crippen LogP contribution in [0.15, 0.2) is 64.2 Å². The first-order valence-electron chi connectivity index (χ1n) is 7.92. The van der Waals surface area contributed by atoms with E-state index in [-0.39, 0.29) is 17.7 Å². The van der Waals surface area contributed by atoms with E-state index in [1.807, 2.05) is 44.2 Å². The predicted octanol–water partition coefficient (Wildman–Crippen LogP) is 3.35. The van der Waals surface area contributed by atoms with Gasteiger partial charge in [0.15, 0.2) is 0 Å².